The summed E-state index contributed by atoms with van der Waals surface area (Å²) in [6, 6.07) is 4.72. The molecule has 17 heavy (non-hydrogen) atoms. The molecule has 1 rings (SSSR count). The summed E-state index contributed by atoms with van der Waals surface area (Å²) >= 11 is 15.0. The molecule has 1 aromatic carbocycles. The molecule has 0 spiro atoms. The maximum atomic E-state index is 11.8. The minimum Gasteiger partial charge on any atom is -0.383 e. The number of rotatable bonds is 5. The van der Waals surface area contributed by atoms with Crippen LogP contribution in [0, 0.1) is 0 Å². The predicted octanol–water partition coefficient (Wildman–Crippen LogP) is 3.13. The van der Waals surface area contributed by atoms with Gasteiger partial charge in [-0.2, -0.15) is 0 Å². The van der Waals surface area contributed by atoms with Crippen LogP contribution in [-0.4, -0.2) is 31.0 Å². The Bertz CT molecular complexity index is 381. The largest absolute Gasteiger partial charge is 0.383 e. The molecule has 0 radical (unpaired) electrons. The van der Waals surface area contributed by atoms with E-state index in [2.05, 4.69) is 21.2 Å². The molecule has 0 aliphatic heterocycles. The number of benzene rings is 1. The number of carbonyl (C=O) groups is 1. The van der Waals surface area contributed by atoms with Crippen molar-refractivity contribution in [3.05, 3.63) is 33.8 Å². The monoisotopic (exact) mass is 339 g/mol. The Kier molecular flexibility index (Phi) is 6.27. The Hall–Kier alpha value is -0.290. The Morgan fingerprint density at radius 1 is 1.41 bits per heavy atom. The first-order valence-corrected chi connectivity index (χ1v) is 6.57. The second-order valence-electron chi connectivity index (χ2n) is 3.42. The fourth-order valence-electron chi connectivity index (χ4n) is 1.23. The molecule has 1 atom stereocenters. The van der Waals surface area contributed by atoms with Crippen LogP contribution in [0.1, 0.15) is 10.4 Å². The van der Waals surface area contributed by atoms with Gasteiger partial charge in [-0.3, -0.25) is 4.79 Å². The number of nitrogens with one attached hydrogen (secondary N) is 1. The molecule has 0 fully saturated rings. The van der Waals surface area contributed by atoms with Gasteiger partial charge in [0.2, 0.25) is 0 Å². The zero-order valence-corrected chi connectivity index (χ0v) is 12.3. The zero-order valence-electron chi connectivity index (χ0n) is 9.17. The lowest BCUT2D eigenvalue weighted by molar-refractivity contribution is 0.0950. The molecule has 0 bridgehead atoms. The van der Waals surface area contributed by atoms with Crippen LogP contribution in [0.15, 0.2) is 18.2 Å². The van der Waals surface area contributed by atoms with Crippen molar-refractivity contribution in [1.29, 1.82) is 0 Å². The van der Waals surface area contributed by atoms with Crippen molar-refractivity contribution in [3.8, 4) is 0 Å². The second-order valence-corrected chi connectivity index (χ2v) is 5.59. The van der Waals surface area contributed by atoms with Crippen molar-refractivity contribution in [3.63, 3.8) is 0 Å². The van der Waals surface area contributed by atoms with E-state index in [-0.39, 0.29) is 10.7 Å². The normalized spacial score (nSPS) is 12.2. The topological polar surface area (TPSA) is 38.3 Å². The van der Waals surface area contributed by atoms with E-state index in [4.69, 9.17) is 27.9 Å². The van der Waals surface area contributed by atoms with Crippen molar-refractivity contribution < 1.29 is 9.53 Å². The third-order valence-corrected chi connectivity index (χ3v) is 2.98. The van der Waals surface area contributed by atoms with Gasteiger partial charge in [-0.15, -0.1) is 0 Å². The summed E-state index contributed by atoms with van der Waals surface area (Å²) in [7, 11) is 1.60. The number of carbonyl (C=O) groups excluding carboxylic acids is 1. The molecule has 0 saturated heterocycles. The highest BCUT2D eigenvalue weighted by Gasteiger charge is 2.10. The van der Waals surface area contributed by atoms with E-state index < -0.39 is 0 Å². The fraction of sp³-hybridized carbons (Fsp3) is 0.364. The number of halogens is 3. The average molecular weight is 341 g/mol. The van der Waals surface area contributed by atoms with E-state index in [1.807, 2.05) is 0 Å². The minimum atomic E-state index is -0.213. The Labute approximate surface area is 119 Å². The number of alkyl halides is 1. The molecule has 0 heterocycles. The van der Waals surface area contributed by atoms with Gasteiger partial charge in [0.1, 0.15) is 0 Å². The van der Waals surface area contributed by atoms with Crippen LogP contribution in [0.3, 0.4) is 0 Å². The highest BCUT2D eigenvalue weighted by Crippen LogP contribution is 2.18. The molecule has 3 nitrogen and oxygen atoms in total. The highest BCUT2D eigenvalue weighted by atomic mass is 79.9. The summed E-state index contributed by atoms with van der Waals surface area (Å²) in [5, 5.41) is 3.63. The molecule has 1 amide bonds. The quantitative estimate of drug-likeness (QED) is 0.836. The Balaban J connectivity index is 2.58. The average Bonchev–Trinajstić information content (AvgIpc) is 2.25. The first-order chi connectivity index (χ1) is 8.02. The molecule has 1 unspecified atom stereocenters. The summed E-state index contributed by atoms with van der Waals surface area (Å²) in [5.41, 5.74) is 0.444. The smallest absolute Gasteiger partial charge is 0.251 e. The van der Waals surface area contributed by atoms with Crippen LogP contribution in [0.2, 0.25) is 10.0 Å². The summed E-state index contributed by atoms with van der Waals surface area (Å²) in [5.74, 6) is -0.213. The molecular weight excluding hydrogens is 329 g/mol. The van der Waals surface area contributed by atoms with Gasteiger partial charge in [-0.05, 0) is 18.2 Å². The van der Waals surface area contributed by atoms with Gasteiger partial charge < -0.3 is 10.1 Å². The van der Waals surface area contributed by atoms with Gasteiger partial charge in [-0.25, -0.2) is 0 Å². The lowest BCUT2D eigenvalue weighted by atomic mass is 10.2. The van der Waals surface area contributed by atoms with E-state index in [1.165, 1.54) is 0 Å². The van der Waals surface area contributed by atoms with E-state index >= 15 is 0 Å². The van der Waals surface area contributed by atoms with Crippen molar-refractivity contribution in [2.45, 2.75) is 4.83 Å². The van der Waals surface area contributed by atoms with Crippen LogP contribution in [0.4, 0.5) is 0 Å². The molecule has 0 saturated carbocycles. The predicted molar refractivity (Wildman–Crippen MR) is 73.4 cm³/mol. The SMILES string of the molecule is COCC(Br)CNC(=O)c1cc(Cl)cc(Cl)c1. The maximum absolute atomic E-state index is 11.8. The summed E-state index contributed by atoms with van der Waals surface area (Å²) in [6.45, 7) is 0.993. The standard InChI is InChI=1S/C11H12BrCl2NO2/c1-17-6-8(12)5-15-11(16)7-2-9(13)4-10(14)3-7/h2-4,8H,5-6H2,1H3,(H,15,16). The van der Waals surface area contributed by atoms with Gasteiger partial charge in [0, 0.05) is 29.3 Å². The lowest BCUT2D eigenvalue weighted by Crippen LogP contribution is -2.31. The molecule has 0 aliphatic rings. The Morgan fingerprint density at radius 3 is 2.53 bits per heavy atom. The van der Waals surface area contributed by atoms with Crippen LogP contribution in [0.25, 0.3) is 0 Å². The van der Waals surface area contributed by atoms with Crippen molar-refractivity contribution in [1.82, 2.24) is 5.32 Å². The number of hydrogen-bond donors (Lipinski definition) is 1. The second kappa shape index (κ2) is 7.21. The van der Waals surface area contributed by atoms with Crippen LogP contribution in [-0.2, 0) is 4.74 Å². The van der Waals surface area contributed by atoms with E-state index in [1.54, 1.807) is 25.3 Å². The third-order valence-electron chi connectivity index (χ3n) is 1.96. The van der Waals surface area contributed by atoms with Gasteiger partial charge >= 0.3 is 0 Å². The first-order valence-electron chi connectivity index (χ1n) is 4.90. The van der Waals surface area contributed by atoms with Crippen LogP contribution >= 0.6 is 39.1 Å². The van der Waals surface area contributed by atoms with Crippen molar-refractivity contribution >= 4 is 45.0 Å². The van der Waals surface area contributed by atoms with Crippen molar-refractivity contribution in [2.75, 3.05) is 20.3 Å². The van der Waals surface area contributed by atoms with E-state index in [0.29, 0.717) is 28.8 Å². The van der Waals surface area contributed by atoms with Crippen LogP contribution < -0.4 is 5.32 Å². The van der Waals surface area contributed by atoms with Gasteiger partial charge in [0.15, 0.2) is 0 Å². The van der Waals surface area contributed by atoms with E-state index in [0.717, 1.165) is 0 Å². The van der Waals surface area contributed by atoms with Crippen molar-refractivity contribution in [2.24, 2.45) is 0 Å². The molecule has 94 valence electrons. The van der Waals surface area contributed by atoms with E-state index in [9.17, 15) is 4.79 Å². The minimum absolute atomic E-state index is 0.0751. The fourth-order valence-corrected chi connectivity index (χ4v) is 2.18. The maximum Gasteiger partial charge on any atom is 0.251 e. The number of ether oxygens (including phenoxy) is 1. The first kappa shape index (κ1) is 14.8. The third kappa shape index (κ3) is 5.25. The zero-order chi connectivity index (χ0) is 12.8. The number of amides is 1. The molecule has 0 aliphatic carbocycles. The number of hydrogen-bond acceptors (Lipinski definition) is 2. The van der Waals surface area contributed by atoms with Crippen LogP contribution in [0.5, 0.6) is 0 Å². The van der Waals surface area contributed by atoms with Gasteiger partial charge in [0.25, 0.3) is 5.91 Å². The summed E-state index contributed by atoms with van der Waals surface area (Å²) in [4.78, 5) is 11.8. The number of methoxy groups -OCH3 is 1. The molecule has 1 aromatic rings. The lowest BCUT2D eigenvalue weighted by Gasteiger charge is -2.10. The van der Waals surface area contributed by atoms with Gasteiger partial charge in [-0.1, -0.05) is 39.1 Å². The molecular formula is C11H12BrCl2NO2. The van der Waals surface area contributed by atoms with Gasteiger partial charge in [0.05, 0.1) is 11.4 Å². The molecule has 1 N–H and O–H groups in total. The Morgan fingerprint density at radius 2 is 2.00 bits per heavy atom. The summed E-state index contributed by atoms with van der Waals surface area (Å²) < 4.78 is 4.94. The molecule has 0 aromatic heterocycles. The molecule has 6 heteroatoms. The summed E-state index contributed by atoms with van der Waals surface area (Å²) in [6.07, 6.45) is 0. The highest BCUT2D eigenvalue weighted by molar-refractivity contribution is 9.09.